The monoisotopic (exact) mass is 363 g/mol. The quantitative estimate of drug-likeness (QED) is 0.567. The van der Waals surface area contributed by atoms with Gasteiger partial charge in [0.1, 0.15) is 6.61 Å². The molecule has 0 aromatic heterocycles. The van der Waals surface area contributed by atoms with E-state index in [4.69, 9.17) is 21.7 Å². The first-order valence-electron chi connectivity index (χ1n) is 8.40. The molecule has 1 aromatic rings. The van der Waals surface area contributed by atoms with Crippen LogP contribution in [-0.2, 0) is 20.7 Å². The molecule has 0 aliphatic carbocycles. The Bertz CT molecular complexity index is 605. The average Bonchev–Trinajstić information content (AvgIpc) is 2.96. The Hall–Kier alpha value is -1.76. The highest BCUT2D eigenvalue weighted by molar-refractivity contribution is 7.80. The van der Waals surface area contributed by atoms with Crippen molar-refractivity contribution in [2.75, 3.05) is 13.2 Å². The first kappa shape index (κ1) is 19.6. The predicted octanol–water partition coefficient (Wildman–Crippen LogP) is 2.33. The summed E-state index contributed by atoms with van der Waals surface area (Å²) in [6.07, 6.45) is 0.232. The molecule has 25 heavy (non-hydrogen) atoms. The Morgan fingerprint density at radius 2 is 2.16 bits per heavy atom. The van der Waals surface area contributed by atoms with Crippen LogP contribution in [0.5, 0.6) is 0 Å². The summed E-state index contributed by atoms with van der Waals surface area (Å²) in [5.41, 5.74) is 1.09. The number of carbonyl (C=O) groups excluding carboxylic acids is 1. The minimum absolute atomic E-state index is 0.133. The van der Waals surface area contributed by atoms with Gasteiger partial charge in [0.15, 0.2) is 6.10 Å². The van der Waals surface area contributed by atoms with Gasteiger partial charge in [-0.2, -0.15) is 0 Å². The molecule has 3 atom stereocenters. The molecule has 0 bridgehead atoms. The largest absolute Gasteiger partial charge is 0.468 e. The van der Waals surface area contributed by atoms with Crippen LogP contribution < -0.4 is 0 Å². The first-order valence-corrected chi connectivity index (χ1v) is 8.80. The highest BCUT2D eigenvalue weighted by atomic mass is 32.1. The highest BCUT2D eigenvalue weighted by Crippen LogP contribution is 2.22. The molecular weight excluding hydrogens is 338 g/mol. The number of carbonyl (C=O) groups is 1. The van der Waals surface area contributed by atoms with Crippen LogP contribution in [0.25, 0.3) is 0 Å². The summed E-state index contributed by atoms with van der Waals surface area (Å²) in [5, 5.41) is 10.5. The highest BCUT2D eigenvalue weighted by Gasteiger charge is 2.41. The summed E-state index contributed by atoms with van der Waals surface area (Å²) in [4.78, 5) is 14.5. The van der Waals surface area contributed by atoms with E-state index in [1.807, 2.05) is 44.2 Å². The second-order valence-electron chi connectivity index (χ2n) is 6.41. The fourth-order valence-electron chi connectivity index (χ4n) is 2.74. The molecule has 1 heterocycles. The molecule has 0 saturated carbocycles. The number of amides is 1. The number of hydrogen-bond acceptors (Lipinski definition) is 5. The Morgan fingerprint density at radius 3 is 2.76 bits per heavy atom. The molecule has 5 nitrogen and oxygen atoms in total. The summed E-state index contributed by atoms with van der Waals surface area (Å²) < 4.78 is 11.0. The minimum atomic E-state index is -1.00. The molecule has 0 unspecified atom stereocenters. The zero-order chi connectivity index (χ0) is 18.4. The standard InChI is InChI=1S/C19H25NO4S/c1-4-10-23-17(16(21)13(2)3)18(22)20-15(12-24-19(20)25)11-14-8-6-5-7-9-14/h4-9,13,15-17,21H,1,10-12H2,2-3H3/t15-,16+,17+/m0/s1. The van der Waals surface area contributed by atoms with Crippen molar-refractivity contribution in [1.29, 1.82) is 0 Å². The smallest absolute Gasteiger partial charge is 0.266 e. The second-order valence-corrected chi connectivity index (χ2v) is 6.76. The van der Waals surface area contributed by atoms with Crippen molar-refractivity contribution in [2.24, 2.45) is 5.92 Å². The van der Waals surface area contributed by atoms with Gasteiger partial charge in [-0.1, -0.05) is 50.3 Å². The van der Waals surface area contributed by atoms with Crippen molar-refractivity contribution >= 4 is 23.3 Å². The lowest BCUT2D eigenvalue weighted by atomic mass is 9.99. The van der Waals surface area contributed by atoms with Gasteiger partial charge < -0.3 is 14.6 Å². The predicted molar refractivity (Wildman–Crippen MR) is 100 cm³/mol. The SMILES string of the molecule is C=CCO[C@@H](C(=O)N1C(=S)OC[C@@H]1Cc1ccccc1)[C@H](O)C(C)C. The maximum Gasteiger partial charge on any atom is 0.266 e. The van der Waals surface area contributed by atoms with Crippen molar-refractivity contribution in [2.45, 2.75) is 38.5 Å². The molecule has 2 rings (SSSR count). The van der Waals surface area contributed by atoms with E-state index in [2.05, 4.69) is 6.58 Å². The lowest BCUT2D eigenvalue weighted by Gasteiger charge is -2.30. The summed E-state index contributed by atoms with van der Waals surface area (Å²) >= 11 is 5.22. The Morgan fingerprint density at radius 1 is 1.48 bits per heavy atom. The van der Waals surface area contributed by atoms with Crippen LogP contribution in [0.2, 0.25) is 0 Å². The lowest BCUT2D eigenvalue weighted by Crippen LogP contribution is -2.51. The van der Waals surface area contributed by atoms with Crippen LogP contribution in [0.15, 0.2) is 43.0 Å². The third-order valence-electron chi connectivity index (χ3n) is 4.14. The number of aliphatic hydroxyl groups excluding tert-OH is 1. The summed E-state index contributed by atoms with van der Waals surface area (Å²) in [5.74, 6) is -0.505. The van der Waals surface area contributed by atoms with E-state index in [1.54, 1.807) is 6.08 Å². The molecular formula is C19H25NO4S. The van der Waals surface area contributed by atoms with Gasteiger partial charge in [-0.25, -0.2) is 0 Å². The maximum atomic E-state index is 13.0. The van der Waals surface area contributed by atoms with E-state index in [9.17, 15) is 9.90 Å². The Labute approximate surface area is 154 Å². The maximum absolute atomic E-state index is 13.0. The fraction of sp³-hybridized carbons (Fsp3) is 0.474. The zero-order valence-electron chi connectivity index (χ0n) is 14.6. The molecule has 1 N–H and O–H groups in total. The number of thiocarbonyl (C=S) groups is 1. The van der Waals surface area contributed by atoms with Crippen LogP contribution in [0, 0.1) is 5.92 Å². The zero-order valence-corrected chi connectivity index (χ0v) is 15.4. The van der Waals surface area contributed by atoms with Crippen molar-refractivity contribution in [1.82, 2.24) is 4.90 Å². The van der Waals surface area contributed by atoms with E-state index in [1.165, 1.54) is 4.90 Å². The van der Waals surface area contributed by atoms with Gasteiger partial charge in [-0.05, 0) is 30.1 Å². The van der Waals surface area contributed by atoms with Gasteiger partial charge in [0.05, 0.1) is 18.8 Å². The van der Waals surface area contributed by atoms with Crippen LogP contribution in [0.3, 0.4) is 0 Å². The molecule has 6 heteroatoms. The van der Waals surface area contributed by atoms with E-state index >= 15 is 0 Å². The van der Waals surface area contributed by atoms with Gasteiger partial charge >= 0.3 is 0 Å². The van der Waals surface area contributed by atoms with Crippen LogP contribution >= 0.6 is 12.2 Å². The minimum Gasteiger partial charge on any atom is -0.468 e. The van der Waals surface area contributed by atoms with Crippen molar-refractivity contribution in [3.8, 4) is 0 Å². The van der Waals surface area contributed by atoms with Crippen LogP contribution in [0.1, 0.15) is 19.4 Å². The molecule has 1 aliphatic rings. The van der Waals surface area contributed by atoms with Crippen LogP contribution in [-0.4, -0.2) is 52.6 Å². The number of rotatable bonds is 8. The van der Waals surface area contributed by atoms with E-state index in [0.29, 0.717) is 13.0 Å². The first-order chi connectivity index (χ1) is 12.0. The molecule has 1 aromatic carbocycles. The fourth-order valence-corrected chi connectivity index (χ4v) is 3.05. The van der Waals surface area contributed by atoms with Gasteiger partial charge in [-0.15, -0.1) is 6.58 Å². The molecule has 0 spiro atoms. The van der Waals surface area contributed by atoms with Gasteiger partial charge in [0.2, 0.25) is 0 Å². The normalized spacial score (nSPS) is 19.6. The van der Waals surface area contributed by atoms with Crippen molar-refractivity contribution in [3.05, 3.63) is 48.6 Å². The summed E-state index contributed by atoms with van der Waals surface area (Å²) in [6, 6.07) is 9.64. The molecule has 136 valence electrons. The third-order valence-corrected chi connectivity index (χ3v) is 4.46. The Kier molecular flexibility index (Phi) is 7.11. The van der Waals surface area contributed by atoms with Crippen LogP contribution in [0.4, 0.5) is 0 Å². The number of aliphatic hydroxyl groups is 1. The van der Waals surface area contributed by atoms with E-state index < -0.39 is 12.2 Å². The topological polar surface area (TPSA) is 59.0 Å². The number of benzene rings is 1. The van der Waals surface area contributed by atoms with E-state index in [-0.39, 0.29) is 29.6 Å². The summed E-state index contributed by atoms with van der Waals surface area (Å²) in [7, 11) is 0. The molecule has 0 radical (unpaired) electrons. The van der Waals surface area contributed by atoms with Gasteiger partial charge in [0.25, 0.3) is 11.1 Å². The molecule has 1 amide bonds. The number of ether oxygens (including phenoxy) is 2. The summed E-state index contributed by atoms with van der Waals surface area (Å²) in [6.45, 7) is 7.78. The van der Waals surface area contributed by atoms with Crippen molar-refractivity contribution < 1.29 is 19.4 Å². The molecule has 1 aliphatic heterocycles. The molecule has 1 fully saturated rings. The molecule has 1 saturated heterocycles. The Balaban J connectivity index is 2.19. The van der Waals surface area contributed by atoms with Crippen molar-refractivity contribution in [3.63, 3.8) is 0 Å². The third kappa shape index (κ3) is 4.87. The number of nitrogens with zero attached hydrogens (tertiary/aromatic N) is 1. The average molecular weight is 363 g/mol. The second kappa shape index (κ2) is 9.08. The number of hydrogen-bond donors (Lipinski definition) is 1. The van der Waals surface area contributed by atoms with Gasteiger partial charge in [-0.3, -0.25) is 9.69 Å². The van der Waals surface area contributed by atoms with E-state index in [0.717, 1.165) is 5.56 Å². The van der Waals surface area contributed by atoms with Gasteiger partial charge in [0, 0.05) is 0 Å². The lowest BCUT2D eigenvalue weighted by molar-refractivity contribution is -0.149.